The number of aromatic amines is 1. The van der Waals surface area contributed by atoms with Crippen molar-refractivity contribution in [3.63, 3.8) is 0 Å². The summed E-state index contributed by atoms with van der Waals surface area (Å²) in [6.07, 6.45) is 1.03. The summed E-state index contributed by atoms with van der Waals surface area (Å²) in [5.74, 6) is 0.572. The van der Waals surface area contributed by atoms with Crippen LogP contribution in [0, 0.1) is 13.8 Å². The van der Waals surface area contributed by atoms with Crippen LogP contribution in [0.5, 0.6) is 0 Å². The molecule has 1 aromatic heterocycles. The Morgan fingerprint density at radius 3 is 2.52 bits per heavy atom. The Morgan fingerprint density at radius 2 is 1.76 bits per heavy atom. The number of aliphatic hydroxyl groups excluding tert-OH is 1. The molecule has 0 saturated heterocycles. The Balaban J connectivity index is 1.95. The molecule has 0 amide bonds. The third kappa shape index (κ3) is 2.60. The Labute approximate surface area is 124 Å². The van der Waals surface area contributed by atoms with Gasteiger partial charge in [-0.15, -0.1) is 0 Å². The third-order valence-corrected chi connectivity index (χ3v) is 3.88. The molecule has 1 atom stereocenters. The monoisotopic (exact) mass is 278 g/mol. The molecule has 3 heteroatoms. The van der Waals surface area contributed by atoms with Crippen molar-refractivity contribution in [1.29, 1.82) is 0 Å². The van der Waals surface area contributed by atoms with Crippen molar-refractivity contribution in [1.82, 2.24) is 9.97 Å². The Kier molecular flexibility index (Phi) is 3.59. The summed E-state index contributed by atoms with van der Waals surface area (Å²) in [6, 6.07) is 15.9. The standard InChI is InChI=1S/C18H18N2O/c1-12-7-6-10-15(13(12)2)17(21)18-19-11-16(20-18)14-8-4-3-5-9-14/h3-11,17,21H,1-2H3,(H,19,20). The van der Waals surface area contributed by atoms with E-state index >= 15 is 0 Å². The number of rotatable bonds is 3. The van der Waals surface area contributed by atoms with E-state index in [1.165, 1.54) is 5.56 Å². The number of hydrogen-bond acceptors (Lipinski definition) is 2. The largest absolute Gasteiger partial charge is 0.380 e. The summed E-state index contributed by atoms with van der Waals surface area (Å²) in [7, 11) is 0. The molecule has 0 aliphatic carbocycles. The van der Waals surface area contributed by atoms with Gasteiger partial charge in [0.25, 0.3) is 0 Å². The van der Waals surface area contributed by atoms with Crippen molar-refractivity contribution in [3.05, 3.63) is 77.2 Å². The summed E-state index contributed by atoms with van der Waals surface area (Å²) in [6.45, 7) is 4.07. The number of H-pyrrole nitrogens is 1. The second-order valence-corrected chi connectivity index (χ2v) is 5.24. The maximum absolute atomic E-state index is 10.6. The highest BCUT2D eigenvalue weighted by Gasteiger charge is 2.17. The average Bonchev–Trinajstić information content (AvgIpc) is 3.00. The average molecular weight is 278 g/mol. The van der Waals surface area contributed by atoms with E-state index < -0.39 is 6.10 Å². The first kappa shape index (κ1) is 13.6. The van der Waals surface area contributed by atoms with E-state index in [4.69, 9.17) is 0 Å². The van der Waals surface area contributed by atoms with Gasteiger partial charge in [0.05, 0.1) is 11.9 Å². The molecule has 0 spiro atoms. The molecule has 1 heterocycles. The first-order valence-corrected chi connectivity index (χ1v) is 7.01. The summed E-state index contributed by atoms with van der Waals surface area (Å²) in [5, 5.41) is 10.6. The minimum absolute atomic E-state index is 0.572. The fraction of sp³-hybridized carbons (Fsp3) is 0.167. The van der Waals surface area contributed by atoms with E-state index in [1.54, 1.807) is 6.20 Å². The van der Waals surface area contributed by atoms with Crippen molar-refractivity contribution in [2.75, 3.05) is 0 Å². The lowest BCUT2D eigenvalue weighted by atomic mass is 9.99. The van der Waals surface area contributed by atoms with Crippen LogP contribution in [0.1, 0.15) is 28.6 Å². The predicted octanol–water partition coefficient (Wildman–Crippen LogP) is 3.78. The van der Waals surface area contributed by atoms with Gasteiger partial charge >= 0.3 is 0 Å². The second kappa shape index (κ2) is 5.54. The number of imidazole rings is 1. The first-order chi connectivity index (χ1) is 10.2. The minimum Gasteiger partial charge on any atom is -0.380 e. The van der Waals surface area contributed by atoms with Crippen LogP contribution >= 0.6 is 0 Å². The predicted molar refractivity (Wildman–Crippen MR) is 84.0 cm³/mol. The first-order valence-electron chi connectivity index (χ1n) is 7.01. The smallest absolute Gasteiger partial charge is 0.140 e. The van der Waals surface area contributed by atoms with Gasteiger partial charge in [-0.25, -0.2) is 4.98 Å². The van der Waals surface area contributed by atoms with Gasteiger partial charge in [0.2, 0.25) is 0 Å². The van der Waals surface area contributed by atoms with Crippen LogP contribution in [0.4, 0.5) is 0 Å². The topological polar surface area (TPSA) is 48.9 Å². The number of hydrogen-bond donors (Lipinski definition) is 2. The van der Waals surface area contributed by atoms with E-state index in [2.05, 4.69) is 9.97 Å². The maximum Gasteiger partial charge on any atom is 0.140 e. The van der Waals surface area contributed by atoms with E-state index in [-0.39, 0.29) is 0 Å². The number of benzene rings is 2. The van der Waals surface area contributed by atoms with Crippen molar-refractivity contribution in [2.24, 2.45) is 0 Å². The van der Waals surface area contributed by atoms with Crippen molar-refractivity contribution in [3.8, 4) is 11.3 Å². The minimum atomic E-state index is -0.734. The van der Waals surface area contributed by atoms with E-state index in [9.17, 15) is 5.11 Å². The van der Waals surface area contributed by atoms with Gasteiger partial charge < -0.3 is 10.1 Å². The van der Waals surface area contributed by atoms with Gasteiger partial charge in [-0.05, 0) is 36.1 Å². The molecule has 21 heavy (non-hydrogen) atoms. The lowest BCUT2D eigenvalue weighted by Gasteiger charge is -2.13. The zero-order chi connectivity index (χ0) is 14.8. The van der Waals surface area contributed by atoms with Crippen molar-refractivity contribution >= 4 is 0 Å². The molecule has 0 saturated carbocycles. The number of aryl methyl sites for hydroxylation is 1. The quantitative estimate of drug-likeness (QED) is 0.766. The van der Waals surface area contributed by atoms with Gasteiger partial charge in [0.1, 0.15) is 11.9 Å². The molecule has 3 rings (SSSR count). The van der Waals surface area contributed by atoms with Crippen LogP contribution in [-0.2, 0) is 0 Å². The molecule has 1 unspecified atom stereocenters. The van der Waals surface area contributed by atoms with Crippen LogP contribution in [0.2, 0.25) is 0 Å². The van der Waals surface area contributed by atoms with Gasteiger partial charge in [-0.1, -0.05) is 48.5 Å². The van der Waals surface area contributed by atoms with Crippen LogP contribution in [0.25, 0.3) is 11.3 Å². The molecule has 2 aromatic carbocycles. The molecule has 0 fully saturated rings. The number of nitrogens with one attached hydrogen (secondary N) is 1. The Morgan fingerprint density at radius 1 is 1.00 bits per heavy atom. The molecule has 0 aliphatic rings. The Hall–Kier alpha value is -2.39. The molecule has 0 bridgehead atoms. The van der Waals surface area contributed by atoms with Crippen LogP contribution in [0.15, 0.2) is 54.7 Å². The summed E-state index contributed by atoms with van der Waals surface area (Å²) < 4.78 is 0. The lowest BCUT2D eigenvalue weighted by Crippen LogP contribution is -2.05. The summed E-state index contributed by atoms with van der Waals surface area (Å²) in [4.78, 5) is 7.55. The van der Waals surface area contributed by atoms with Crippen molar-refractivity contribution in [2.45, 2.75) is 20.0 Å². The highest BCUT2D eigenvalue weighted by molar-refractivity contribution is 5.58. The molecule has 0 aliphatic heterocycles. The highest BCUT2D eigenvalue weighted by atomic mass is 16.3. The zero-order valence-corrected chi connectivity index (χ0v) is 12.2. The molecule has 0 radical (unpaired) electrons. The number of aliphatic hydroxyl groups is 1. The van der Waals surface area contributed by atoms with Crippen LogP contribution in [0.3, 0.4) is 0 Å². The molecular formula is C18H18N2O. The van der Waals surface area contributed by atoms with Gasteiger partial charge in [-0.2, -0.15) is 0 Å². The molecule has 3 aromatic rings. The molecule has 106 valence electrons. The molecule has 2 N–H and O–H groups in total. The highest BCUT2D eigenvalue weighted by Crippen LogP contribution is 2.26. The van der Waals surface area contributed by atoms with Crippen LogP contribution < -0.4 is 0 Å². The SMILES string of the molecule is Cc1cccc(C(O)c2ncc(-c3ccccc3)[nH]2)c1C. The van der Waals surface area contributed by atoms with E-state index in [0.717, 1.165) is 22.4 Å². The molecule has 3 nitrogen and oxygen atoms in total. The van der Waals surface area contributed by atoms with Gasteiger partial charge in [0, 0.05) is 0 Å². The number of aromatic nitrogens is 2. The van der Waals surface area contributed by atoms with E-state index in [0.29, 0.717) is 5.82 Å². The maximum atomic E-state index is 10.6. The Bertz CT molecular complexity index is 747. The lowest BCUT2D eigenvalue weighted by molar-refractivity contribution is 0.210. The normalized spacial score (nSPS) is 12.3. The second-order valence-electron chi connectivity index (χ2n) is 5.24. The molecular weight excluding hydrogens is 260 g/mol. The number of nitrogens with zero attached hydrogens (tertiary/aromatic N) is 1. The fourth-order valence-corrected chi connectivity index (χ4v) is 2.46. The van der Waals surface area contributed by atoms with E-state index in [1.807, 2.05) is 62.4 Å². The van der Waals surface area contributed by atoms with Gasteiger partial charge in [0.15, 0.2) is 0 Å². The fourth-order valence-electron chi connectivity index (χ4n) is 2.46. The summed E-state index contributed by atoms with van der Waals surface area (Å²) >= 11 is 0. The zero-order valence-electron chi connectivity index (χ0n) is 12.2. The van der Waals surface area contributed by atoms with Crippen LogP contribution in [-0.4, -0.2) is 15.1 Å². The van der Waals surface area contributed by atoms with Gasteiger partial charge in [-0.3, -0.25) is 0 Å². The summed E-state index contributed by atoms with van der Waals surface area (Å²) in [5.41, 5.74) is 5.13. The van der Waals surface area contributed by atoms with Crippen molar-refractivity contribution < 1.29 is 5.11 Å². The third-order valence-electron chi connectivity index (χ3n) is 3.88.